The van der Waals surface area contributed by atoms with Crippen LogP contribution >= 0.6 is 0 Å². The highest BCUT2D eigenvalue weighted by Crippen LogP contribution is 2.46. The molecular weight excluding hydrogens is 360 g/mol. The van der Waals surface area contributed by atoms with Gasteiger partial charge in [0.2, 0.25) is 0 Å². The quantitative estimate of drug-likeness (QED) is 0.347. The Kier molecular flexibility index (Phi) is 4.10. The fraction of sp³-hybridized carbons (Fsp3) is 0.286. The number of nitrogens with two attached hydrogens (primary N) is 1. The van der Waals surface area contributed by atoms with Gasteiger partial charge in [-0.3, -0.25) is 4.79 Å². The van der Waals surface area contributed by atoms with Gasteiger partial charge in [-0.25, -0.2) is 0 Å². The number of ketones is 1. The number of H-pyrrole nitrogens is 1. The minimum Gasteiger partial charge on any atom is -0.504 e. The summed E-state index contributed by atoms with van der Waals surface area (Å²) in [7, 11) is 0. The van der Waals surface area contributed by atoms with Gasteiger partial charge in [-0.1, -0.05) is 13.8 Å². The summed E-state index contributed by atoms with van der Waals surface area (Å²) in [6, 6.07) is 8.49. The van der Waals surface area contributed by atoms with Crippen molar-refractivity contribution in [3.05, 3.63) is 52.7 Å². The maximum Gasteiger partial charge on any atom is 0.195 e. The molecule has 1 aliphatic carbocycles. The third-order valence-electron chi connectivity index (χ3n) is 5.39. The number of fused-ring (bicyclic) bond motifs is 4. The van der Waals surface area contributed by atoms with Crippen molar-refractivity contribution < 1.29 is 24.9 Å². The Hall–Kier alpha value is -3.03. The lowest BCUT2D eigenvalue weighted by molar-refractivity contribution is 0.0535. The molecule has 2 aromatic carbocycles. The standard InChI is InChI=1S/C21H22N2O5/c1-21(2)14-7-11(28-9-10(25)8-24)3-4-12(14)18(26)16-13-5-6-15(22)19(27)17(13)23-20(16)21/h3-7,10,23-25,27H,8-9,22H2,1-2H3/t10-/m1/s1. The minimum atomic E-state index is -0.973. The van der Waals surface area contributed by atoms with E-state index in [-0.39, 0.29) is 30.4 Å². The first kappa shape index (κ1) is 18.3. The lowest BCUT2D eigenvalue weighted by Gasteiger charge is -2.32. The predicted molar refractivity (Wildman–Crippen MR) is 105 cm³/mol. The lowest BCUT2D eigenvalue weighted by Crippen LogP contribution is -2.30. The SMILES string of the molecule is CC1(C)c2cc(OC[C@H](O)CO)ccc2C(=O)c2c1[nH]c1c(O)c(N)ccc21. The van der Waals surface area contributed by atoms with Crippen molar-refractivity contribution in [3.63, 3.8) is 0 Å². The number of aromatic nitrogens is 1. The van der Waals surface area contributed by atoms with Gasteiger partial charge in [0.05, 0.1) is 23.4 Å². The topological polar surface area (TPSA) is 129 Å². The van der Waals surface area contributed by atoms with Crippen LogP contribution in [0.1, 0.15) is 41.0 Å². The molecule has 7 heteroatoms. The Balaban J connectivity index is 1.86. The van der Waals surface area contributed by atoms with E-state index in [1.165, 1.54) is 0 Å². The molecule has 0 amide bonds. The van der Waals surface area contributed by atoms with Crippen LogP contribution in [0.25, 0.3) is 10.9 Å². The summed E-state index contributed by atoms with van der Waals surface area (Å²) in [6.45, 7) is 3.53. The second-order valence-electron chi connectivity index (χ2n) is 7.61. The van der Waals surface area contributed by atoms with Crippen LogP contribution in [-0.4, -0.2) is 45.4 Å². The van der Waals surface area contributed by atoms with Crippen molar-refractivity contribution in [1.82, 2.24) is 4.98 Å². The van der Waals surface area contributed by atoms with Crippen molar-refractivity contribution in [3.8, 4) is 11.5 Å². The van der Waals surface area contributed by atoms with Crippen LogP contribution in [0.4, 0.5) is 5.69 Å². The number of ether oxygens (including phenoxy) is 1. The number of phenols is 1. The number of hydrogen-bond donors (Lipinski definition) is 5. The molecule has 0 spiro atoms. The molecule has 6 N–H and O–H groups in total. The summed E-state index contributed by atoms with van der Waals surface area (Å²) in [5.74, 6) is 0.294. The summed E-state index contributed by atoms with van der Waals surface area (Å²) < 4.78 is 5.55. The largest absolute Gasteiger partial charge is 0.504 e. The van der Waals surface area contributed by atoms with E-state index in [1.54, 1.807) is 30.3 Å². The van der Waals surface area contributed by atoms with Gasteiger partial charge in [-0.15, -0.1) is 0 Å². The Bertz CT molecular complexity index is 1100. The first-order valence-electron chi connectivity index (χ1n) is 9.00. The van der Waals surface area contributed by atoms with Crippen LogP contribution in [0.2, 0.25) is 0 Å². The number of carbonyl (C=O) groups is 1. The third kappa shape index (κ3) is 2.55. The molecule has 7 nitrogen and oxygen atoms in total. The molecule has 0 aliphatic heterocycles. The fourth-order valence-corrected chi connectivity index (χ4v) is 3.81. The molecule has 1 atom stereocenters. The van der Waals surface area contributed by atoms with E-state index in [2.05, 4.69) is 4.98 Å². The van der Waals surface area contributed by atoms with Gasteiger partial charge in [0.25, 0.3) is 0 Å². The van der Waals surface area contributed by atoms with Crippen LogP contribution in [0.5, 0.6) is 11.5 Å². The van der Waals surface area contributed by atoms with Crippen molar-refractivity contribution in [2.24, 2.45) is 0 Å². The molecule has 0 radical (unpaired) electrons. The Labute approximate surface area is 161 Å². The maximum atomic E-state index is 13.2. The van der Waals surface area contributed by atoms with Gasteiger partial charge in [0, 0.05) is 22.1 Å². The normalized spacial score (nSPS) is 15.9. The van der Waals surface area contributed by atoms with Crippen LogP contribution in [-0.2, 0) is 5.41 Å². The molecule has 0 unspecified atom stereocenters. The molecule has 1 heterocycles. The van der Waals surface area contributed by atoms with Crippen molar-refractivity contribution >= 4 is 22.4 Å². The van der Waals surface area contributed by atoms with Crippen molar-refractivity contribution in [2.75, 3.05) is 18.9 Å². The summed E-state index contributed by atoms with van der Waals surface area (Å²) in [5.41, 5.74) is 8.51. The highest BCUT2D eigenvalue weighted by molar-refractivity contribution is 6.20. The highest BCUT2D eigenvalue weighted by atomic mass is 16.5. The second-order valence-corrected chi connectivity index (χ2v) is 7.61. The Morgan fingerprint density at radius 2 is 2.00 bits per heavy atom. The van der Waals surface area contributed by atoms with E-state index in [4.69, 9.17) is 15.6 Å². The van der Waals surface area contributed by atoms with E-state index in [1.807, 2.05) is 13.8 Å². The molecule has 1 aromatic heterocycles. The molecule has 0 fully saturated rings. The molecule has 28 heavy (non-hydrogen) atoms. The number of phenolic OH excluding ortho intramolecular Hbond substituents is 1. The summed E-state index contributed by atoms with van der Waals surface area (Å²) in [6.07, 6.45) is -0.973. The van der Waals surface area contributed by atoms with Crippen LogP contribution in [0, 0.1) is 0 Å². The Morgan fingerprint density at radius 3 is 2.71 bits per heavy atom. The number of aliphatic hydroxyl groups is 2. The van der Waals surface area contributed by atoms with E-state index in [0.717, 1.165) is 5.56 Å². The first-order chi connectivity index (χ1) is 13.3. The number of rotatable bonds is 4. The number of benzene rings is 2. The minimum absolute atomic E-state index is 0.0472. The zero-order chi connectivity index (χ0) is 20.2. The molecule has 3 aromatic rings. The fourth-order valence-electron chi connectivity index (χ4n) is 3.81. The molecular formula is C21H22N2O5. The highest BCUT2D eigenvalue weighted by Gasteiger charge is 2.40. The summed E-state index contributed by atoms with van der Waals surface area (Å²) in [4.78, 5) is 16.4. The smallest absolute Gasteiger partial charge is 0.195 e. The Morgan fingerprint density at radius 1 is 1.25 bits per heavy atom. The van der Waals surface area contributed by atoms with E-state index in [0.29, 0.717) is 33.5 Å². The number of aromatic hydroxyl groups is 1. The van der Waals surface area contributed by atoms with Gasteiger partial charge in [-0.2, -0.15) is 0 Å². The van der Waals surface area contributed by atoms with Gasteiger partial charge in [0.1, 0.15) is 18.5 Å². The monoisotopic (exact) mass is 382 g/mol. The van der Waals surface area contributed by atoms with E-state index in [9.17, 15) is 15.0 Å². The number of carbonyl (C=O) groups excluding carboxylic acids is 1. The third-order valence-corrected chi connectivity index (χ3v) is 5.39. The second kappa shape index (κ2) is 6.25. The van der Waals surface area contributed by atoms with Crippen molar-refractivity contribution in [1.29, 1.82) is 0 Å². The average Bonchev–Trinajstić information content (AvgIpc) is 3.09. The maximum absolute atomic E-state index is 13.2. The number of anilines is 1. The number of nitrogens with one attached hydrogen (secondary N) is 1. The lowest BCUT2D eigenvalue weighted by atomic mass is 9.71. The number of aromatic amines is 1. The molecule has 4 rings (SSSR count). The number of nitrogen functional groups attached to an aromatic ring is 1. The van der Waals surface area contributed by atoms with Crippen LogP contribution in [0.15, 0.2) is 30.3 Å². The molecule has 0 saturated carbocycles. The van der Waals surface area contributed by atoms with Crippen molar-refractivity contribution in [2.45, 2.75) is 25.4 Å². The molecule has 146 valence electrons. The average molecular weight is 382 g/mol. The zero-order valence-electron chi connectivity index (χ0n) is 15.6. The van der Waals surface area contributed by atoms with Gasteiger partial charge < -0.3 is 30.8 Å². The summed E-state index contributed by atoms with van der Waals surface area (Å²) >= 11 is 0. The van der Waals surface area contributed by atoms with Crippen LogP contribution in [0.3, 0.4) is 0 Å². The van der Waals surface area contributed by atoms with Gasteiger partial charge in [-0.05, 0) is 35.9 Å². The first-order valence-corrected chi connectivity index (χ1v) is 9.00. The summed E-state index contributed by atoms with van der Waals surface area (Å²) in [5, 5.41) is 29.4. The number of aliphatic hydroxyl groups excluding tert-OH is 2. The van der Waals surface area contributed by atoms with Gasteiger partial charge in [0.15, 0.2) is 11.5 Å². The molecule has 0 bridgehead atoms. The molecule has 1 aliphatic rings. The van der Waals surface area contributed by atoms with Crippen LogP contribution < -0.4 is 10.5 Å². The predicted octanol–water partition coefficient (Wildman–Crippen LogP) is 2.06. The number of hydrogen-bond acceptors (Lipinski definition) is 6. The van der Waals surface area contributed by atoms with E-state index < -0.39 is 11.5 Å². The van der Waals surface area contributed by atoms with E-state index >= 15 is 0 Å². The zero-order valence-corrected chi connectivity index (χ0v) is 15.6. The molecule has 0 saturated heterocycles. The van der Waals surface area contributed by atoms with Gasteiger partial charge >= 0.3 is 0 Å².